The van der Waals surface area contributed by atoms with Crippen LogP contribution in [-0.2, 0) is 0 Å². The van der Waals surface area contributed by atoms with Gasteiger partial charge in [0.1, 0.15) is 12.1 Å². The summed E-state index contributed by atoms with van der Waals surface area (Å²) in [6.07, 6.45) is 2.46. The Kier molecular flexibility index (Phi) is 8.95. The number of likely N-dealkylation sites (N-methyl/N-ethyl adjacent to an activating group) is 1. The number of hydrogen-bond donors (Lipinski definition) is 2. The standard InChI is InChI=1S/C30H33ClN6O3/c1-36-13-15-37(16-14-36)12-3-17-40-28-19-26-25(18-27(28)39-2)29(33-20-32-26)34-23-8-10-24(11-9-23)35-30(38)21-4-6-22(31)7-5-21/h4-11,18-20H,3,12-17H2,1-2H3,(H,35,38)(H,32,33,34). The van der Waals surface area contributed by atoms with Crippen LogP contribution < -0.4 is 20.1 Å². The van der Waals surface area contributed by atoms with E-state index >= 15 is 0 Å². The predicted molar refractivity (Wildman–Crippen MR) is 159 cm³/mol. The number of anilines is 3. The molecule has 208 valence electrons. The first-order valence-electron chi connectivity index (χ1n) is 13.3. The van der Waals surface area contributed by atoms with Crippen LogP contribution in [0.3, 0.4) is 0 Å². The summed E-state index contributed by atoms with van der Waals surface area (Å²) in [5.41, 5.74) is 2.77. The largest absolute Gasteiger partial charge is 0.493 e. The summed E-state index contributed by atoms with van der Waals surface area (Å²) in [7, 11) is 3.80. The molecule has 1 fully saturated rings. The number of aromatic nitrogens is 2. The zero-order valence-corrected chi connectivity index (χ0v) is 23.4. The van der Waals surface area contributed by atoms with Crippen LogP contribution in [0.4, 0.5) is 17.2 Å². The highest BCUT2D eigenvalue weighted by molar-refractivity contribution is 6.30. The van der Waals surface area contributed by atoms with E-state index in [1.54, 1.807) is 31.4 Å². The van der Waals surface area contributed by atoms with Crippen LogP contribution in [0.5, 0.6) is 11.5 Å². The fraction of sp³-hybridized carbons (Fsp3) is 0.300. The van der Waals surface area contributed by atoms with Crippen molar-refractivity contribution >= 4 is 45.6 Å². The van der Waals surface area contributed by atoms with Gasteiger partial charge >= 0.3 is 0 Å². The number of hydrogen-bond acceptors (Lipinski definition) is 8. The highest BCUT2D eigenvalue weighted by Gasteiger charge is 2.15. The maximum atomic E-state index is 12.5. The Bertz CT molecular complexity index is 1440. The molecular formula is C30H33ClN6O3. The van der Waals surface area contributed by atoms with E-state index in [0.29, 0.717) is 40.2 Å². The first-order valence-corrected chi connectivity index (χ1v) is 13.7. The Morgan fingerprint density at radius 2 is 1.68 bits per heavy atom. The lowest BCUT2D eigenvalue weighted by Crippen LogP contribution is -2.44. The molecule has 0 radical (unpaired) electrons. The first kappa shape index (κ1) is 27.6. The van der Waals surface area contributed by atoms with E-state index in [-0.39, 0.29) is 5.91 Å². The van der Waals surface area contributed by atoms with Crippen LogP contribution in [0.2, 0.25) is 5.02 Å². The van der Waals surface area contributed by atoms with E-state index < -0.39 is 0 Å². The van der Waals surface area contributed by atoms with Crippen LogP contribution in [-0.4, -0.2) is 79.2 Å². The van der Waals surface area contributed by atoms with Crippen molar-refractivity contribution in [3.05, 3.63) is 77.6 Å². The lowest BCUT2D eigenvalue weighted by atomic mass is 10.2. The van der Waals surface area contributed by atoms with Crippen LogP contribution in [0.15, 0.2) is 67.0 Å². The molecule has 4 aromatic rings. The summed E-state index contributed by atoms with van der Waals surface area (Å²) in [6, 6.07) is 18.0. The maximum absolute atomic E-state index is 12.5. The number of carbonyl (C=O) groups excluding carboxylic acids is 1. The molecule has 1 aliphatic heterocycles. The minimum absolute atomic E-state index is 0.205. The molecule has 3 aromatic carbocycles. The molecular weight excluding hydrogens is 528 g/mol. The molecule has 1 aromatic heterocycles. The van der Waals surface area contributed by atoms with Gasteiger partial charge in [0.25, 0.3) is 5.91 Å². The van der Waals surface area contributed by atoms with Gasteiger partial charge in [0.2, 0.25) is 0 Å². The number of nitrogens with one attached hydrogen (secondary N) is 2. The minimum atomic E-state index is -0.205. The van der Waals surface area contributed by atoms with Gasteiger partial charge in [-0.25, -0.2) is 9.97 Å². The first-order chi connectivity index (χ1) is 19.5. The van der Waals surface area contributed by atoms with E-state index in [0.717, 1.165) is 55.7 Å². The van der Waals surface area contributed by atoms with Crippen molar-refractivity contribution in [2.45, 2.75) is 6.42 Å². The second kappa shape index (κ2) is 13.0. The Hall–Kier alpha value is -3.92. The summed E-state index contributed by atoms with van der Waals surface area (Å²) in [6.45, 7) is 6.04. The number of amides is 1. The molecule has 1 amide bonds. The van der Waals surface area contributed by atoms with Gasteiger partial charge in [-0.2, -0.15) is 0 Å². The highest BCUT2D eigenvalue weighted by atomic mass is 35.5. The molecule has 9 nitrogen and oxygen atoms in total. The number of fused-ring (bicyclic) bond motifs is 1. The van der Waals surface area contributed by atoms with E-state index in [2.05, 4.69) is 37.4 Å². The van der Waals surface area contributed by atoms with Gasteiger partial charge in [0.15, 0.2) is 11.5 Å². The van der Waals surface area contributed by atoms with Crippen LogP contribution in [0.25, 0.3) is 10.9 Å². The molecule has 5 rings (SSSR count). The SMILES string of the molecule is COc1cc2c(Nc3ccc(NC(=O)c4ccc(Cl)cc4)cc3)ncnc2cc1OCCCN1CCN(C)CC1. The van der Waals surface area contributed by atoms with Gasteiger partial charge in [-0.05, 0) is 68.1 Å². The van der Waals surface area contributed by atoms with E-state index in [1.807, 2.05) is 36.4 Å². The molecule has 2 N–H and O–H groups in total. The van der Waals surface area contributed by atoms with Crippen molar-refractivity contribution in [3.63, 3.8) is 0 Å². The molecule has 0 aliphatic carbocycles. The molecule has 0 saturated carbocycles. The number of ether oxygens (including phenoxy) is 2. The average Bonchev–Trinajstić information content (AvgIpc) is 2.97. The van der Waals surface area contributed by atoms with Gasteiger partial charge in [0, 0.05) is 66.1 Å². The average molecular weight is 561 g/mol. The fourth-order valence-corrected chi connectivity index (χ4v) is 4.68. The quantitative estimate of drug-likeness (QED) is 0.252. The molecule has 40 heavy (non-hydrogen) atoms. The number of methoxy groups -OCH3 is 1. The summed E-state index contributed by atoms with van der Waals surface area (Å²) in [5.74, 6) is 1.73. The molecule has 1 aliphatic rings. The molecule has 0 spiro atoms. The summed E-state index contributed by atoms with van der Waals surface area (Å²) >= 11 is 5.91. The molecule has 0 atom stereocenters. The van der Waals surface area contributed by atoms with E-state index in [9.17, 15) is 4.79 Å². The number of carbonyl (C=O) groups is 1. The predicted octanol–water partition coefficient (Wildman–Crippen LogP) is 5.30. The number of halogens is 1. The van der Waals surface area contributed by atoms with Gasteiger partial charge in [-0.15, -0.1) is 0 Å². The van der Waals surface area contributed by atoms with Crippen molar-refractivity contribution in [2.24, 2.45) is 0 Å². The Morgan fingerprint density at radius 3 is 2.40 bits per heavy atom. The Balaban J connectivity index is 1.22. The lowest BCUT2D eigenvalue weighted by molar-refractivity contribution is 0.102. The van der Waals surface area contributed by atoms with E-state index in [1.165, 1.54) is 6.33 Å². The molecule has 0 unspecified atom stereocenters. The number of piperazine rings is 1. The highest BCUT2D eigenvalue weighted by Crippen LogP contribution is 2.35. The summed E-state index contributed by atoms with van der Waals surface area (Å²) < 4.78 is 11.7. The minimum Gasteiger partial charge on any atom is -0.493 e. The number of rotatable bonds is 10. The molecule has 2 heterocycles. The lowest BCUT2D eigenvalue weighted by Gasteiger charge is -2.32. The third-order valence-corrected chi connectivity index (χ3v) is 7.16. The Labute approximate surface area is 239 Å². The second-order valence-electron chi connectivity index (χ2n) is 9.75. The van der Waals surface area contributed by atoms with Crippen LogP contribution in [0, 0.1) is 0 Å². The van der Waals surface area contributed by atoms with Crippen LogP contribution in [0.1, 0.15) is 16.8 Å². The van der Waals surface area contributed by atoms with Crippen molar-refractivity contribution in [1.29, 1.82) is 0 Å². The van der Waals surface area contributed by atoms with Gasteiger partial charge < -0.3 is 29.9 Å². The molecule has 0 bridgehead atoms. The zero-order chi connectivity index (χ0) is 27.9. The van der Waals surface area contributed by atoms with Gasteiger partial charge in [0.05, 0.1) is 19.2 Å². The third kappa shape index (κ3) is 6.98. The summed E-state index contributed by atoms with van der Waals surface area (Å²) in [5, 5.41) is 7.63. The molecule has 10 heteroatoms. The van der Waals surface area contributed by atoms with Crippen molar-refractivity contribution in [2.75, 3.05) is 64.1 Å². The van der Waals surface area contributed by atoms with Crippen molar-refractivity contribution < 1.29 is 14.3 Å². The van der Waals surface area contributed by atoms with Crippen LogP contribution >= 0.6 is 11.6 Å². The summed E-state index contributed by atoms with van der Waals surface area (Å²) in [4.78, 5) is 26.2. The Morgan fingerprint density at radius 1 is 0.950 bits per heavy atom. The van der Waals surface area contributed by atoms with Gasteiger partial charge in [-0.3, -0.25) is 4.79 Å². The topological polar surface area (TPSA) is 91.8 Å². The normalized spacial score (nSPS) is 14.2. The monoisotopic (exact) mass is 560 g/mol. The smallest absolute Gasteiger partial charge is 0.255 e. The van der Waals surface area contributed by atoms with Gasteiger partial charge in [-0.1, -0.05) is 11.6 Å². The zero-order valence-electron chi connectivity index (χ0n) is 22.7. The van der Waals surface area contributed by atoms with E-state index in [4.69, 9.17) is 21.1 Å². The number of benzene rings is 3. The fourth-order valence-electron chi connectivity index (χ4n) is 4.56. The maximum Gasteiger partial charge on any atom is 0.255 e. The second-order valence-corrected chi connectivity index (χ2v) is 10.2. The van der Waals surface area contributed by atoms with Crippen molar-refractivity contribution in [3.8, 4) is 11.5 Å². The number of nitrogens with zero attached hydrogens (tertiary/aromatic N) is 4. The third-order valence-electron chi connectivity index (χ3n) is 6.90. The van der Waals surface area contributed by atoms with Crippen molar-refractivity contribution in [1.82, 2.24) is 19.8 Å². The molecule has 1 saturated heterocycles.